The second-order valence-corrected chi connectivity index (χ2v) is 8.15. The quantitative estimate of drug-likeness (QED) is 0.491. The van der Waals surface area contributed by atoms with E-state index >= 15 is 0 Å². The number of likely N-dealkylation sites (N-methyl/N-ethyl adjacent to an activating group) is 1. The summed E-state index contributed by atoms with van der Waals surface area (Å²) < 4.78 is 0. The number of benzene rings is 2. The first kappa shape index (κ1) is 20.9. The molecular formula is C28H33N. The molecule has 0 bridgehead atoms. The molecule has 0 fully saturated rings. The molecule has 29 heavy (non-hydrogen) atoms. The lowest BCUT2D eigenvalue weighted by Crippen LogP contribution is -2.27. The fourth-order valence-electron chi connectivity index (χ4n) is 4.58. The van der Waals surface area contributed by atoms with Crippen LogP contribution < -0.4 is 0 Å². The minimum Gasteiger partial charge on any atom is -0.345 e. The third-order valence-corrected chi connectivity index (χ3v) is 6.18. The lowest BCUT2D eigenvalue weighted by atomic mass is 9.81. The first-order chi connectivity index (χ1) is 13.8. The molecule has 1 heteroatoms. The summed E-state index contributed by atoms with van der Waals surface area (Å²) in [5.41, 5.74) is 8.65. The molecule has 0 saturated heterocycles. The summed E-state index contributed by atoms with van der Waals surface area (Å²) in [6.07, 6.45) is 8.56. The first-order valence-corrected chi connectivity index (χ1v) is 10.5. The largest absolute Gasteiger partial charge is 0.345 e. The van der Waals surface area contributed by atoms with E-state index in [2.05, 4.69) is 95.7 Å². The number of nitrogens with zero attached hydrogens (tertiary/aromatic N) is 1. The van der Waals surface area contributed by atoms with Crippen molar-refractivity contribution >= 4 is 22.9 Å². The Bertz CT molecular complexity index is 1050. The Balaban J connectivity index is 2.33. The standard InChI is InChI=1S/C28H33N/c1-9-23-20(7)25-14-12-13-15-26(25)28(24(23)10-2)21(8)27-17-22(18(4)5)16-19(6)29(27)11-3/h9-10,12-18,21H,1-2,6,11H2,3-5,7-8H3. The second-order valence-electron chi connectivity index (χ2n) is 8.15. The Morgan fingerprint density at radius 3 is 2.14 bits per heavy atom. The number of allylic oxidation sites excluding steroid dienone is 4. The van der Waals surface area contributed by atoms with Gasteiger partial charge in [-0.25, -0.2) is 0 Å². The smallest absolute Gasteiger partial charge is 0.0338 e. The van der Waals surface area contributed by atoms with E-state index in [0.29, 0.717) is 5.92 Å². The molecule has 0 radical (unpaired) electrons. The van der Waals surface area contributed by atoms with Gasteiger partial charge in [-0.05, 0) is 70.5 Å². The molecule has 0 spiro atoms. The lowest BCUT2D eigenvalue weighted by molar-refractivity contribution is 0.426. The van der Waals surface area contributed by atoms with Crippen molar-refractivity contribution in [3.8, 4) is 0 Å². The summed E-state index contributed by atoms with van der Waals surface area (Å²) in [6.45, 7) is 24.7. The van der Waals surface area contributed by atoms with Gasteiger partial charge in [-0.2, -0.15) is 0 Å². The molecule has 0 amide bonds. The van der Waals surface area contributed by atoms with Crippen molar-refractivity contribution in [2.75, 3.05) is 6.54 Å². The molecule has 1 unspecified atom stereocenters. The van der Waals surface area contributed by atoms with Crippen LogP contribution in [0.5, 0.6) is 0 Å². The zero-order chi connectivity index (χ0) is 21.3. The molecule has 0 saturated carbocycles. The van der Waals surface area contributed by atoms with Crippen LogP contribution in [0.1, 0.15) is 55.9 Å². The van der Waals surface area contributed by atoms with Crippen LogP contribution >= 0.6 is 0 Å². The highest BCUT2D eigenvalue weighted by atomic mass is 15.1. The predicted octanol–water partition coefficient (Wildman–Crippen LogP) is 7.85. The van der Waals surface area contributed by atoms with Gasteiger partial charge in [-0.15, -0.1) is 0 Å². The van der Waals surface area contributed by atoms with Gasteiger partial charge in [0.15, 0.2) is 0 Å². The van der Waals surface area contributed by atoms with E-state index in [-0.39, 0.29) is 5.92 Å². The van der Waals surface area contributed by atoms with Crippen molar-refractivity contribution in [3.05, 3.63) is 95.4 Å². The first-order valence-electron chi connectivity index (χ1n) is 10.5. The molecule has 150 valence electrons. The van der Waals surface area contributed by atoms with Crippen LogP contribution in [-0.2, 0) is 0 Å². The van der Waals surface area contributed by atoms with Gasteiger partial charge < -0.3 is 4.90 Å². The van der Waals surface area contributed by atoms with E-state index in [1.165, 1.54) is 44.3 Å². The van der Waals surface area contributed by atoms with Crippen LogP contribution in [-0.4, -0.2) is 11.4 Å². The maximum atomic E-state index is 4.35. The normalized spacial score (nSPS) is 15.4. The van der Waals surface area contributed by atoms with Gasteiger partial charge in [-0.3, -0.25) is 0 Å². The molecule has 1 heterocycles. The highest BCUT2D eigenvalue weighted by Gasteiger charge is 2.27. The fraction of sp³-hybridized carbons (Fsp3) is 0.286. The summed E-state index contributed by atoms with van der Waals surface area (Å²) in [5.74, 6) is 0.664. The molecule has 1 nitrogen and oxygen atoms in total. The molecule has 1 atom stereocenters. The van der Waals surface area contributed by atoms with Crippen molar-refractivity contribution < 1.29 is 0 Å². The maximum Gasteiger partial charge on any atom is 0.0338 e. The fourth-order valence-corrected chi connectivity index (χ4v) is 4.58. The van der Waals surface area contributed by atoms with E-state index in [1.807, 2.05) is 12.2 Å². The summed E-state index contributed by atoms with van der Waals surface area (Å²) in [6, 6.07) is 8.70. The number of hydrogen-bond donors (Lipinski definition) is 0. The van der Waals surface area contributed by atoms with Crippen LogP contribution in [0.4, 0.5) is 0 Å². The summed E-state index contributed by atoms with van der Waals surface area (Å²) >= 11 is 0. The minimum absolute atomic E-state index is 0.200. The molecule has 0 aromatic heterocycles. The zero-order valence-corrected chi connectivity index (χ0v) is 18.5. The van der Waals surface area contributed by atoms with Gasteiger partial charge in [0, 0.05) is 23.9 Å². The van der Waals surface area contributed by atoms with E-state index in [9.17, 15) is 0 Å². The molecule has 0 N–H and O–H groups in total. The Labute approximate surface area is 176 Å². The Kier molecular flexibility index (Phi) is 5.98. The molecule has 1 aliphatic rings. The SMILES string of the molecule is C=Cc1c(C=C)c(C(C)C2=CC(C(C)C)=CC(=C)N2CC)c2ccccc2c1C. The monoisotopic (exact) mass is 383 g/mol. The molecular weight excluding hydrogens is 350 g/mol. The van der Waals surface area contributed by atoms with E-state index < -0.39 is 0 Å². The van der Waals surface area contributed by atoms with Gasteiger partial charge in [0.05, 0.1) is 0 Å². The second kappa shape index (κ2) is 8.29. The number of hydrogen-bond acceptors (Lipinski definition) is 1. The average Bonchev–Trinajstić information content (AvgIpc) is 2.72. The van der Waals surface area contributed by atoms with Gasteiger partial charge in [0.25, 0.3) is 0 Å². The summed E-state index contributed by atoms with van der Waals surface area (Å²) in [5, 5.41) is 2.58. The number of aryl methyl sites for hydroxylation is 1. The molecule has 2 aromatic rings. The van der Waals surface area contributed by atoms with E-state index in [0.717, 1.165) is 12.2 Å². The zero-order valence-electron chi connectivity index (χ0n) is 18.5. The van der Waals surface area contributed by atoms with Crippen LogP contribution in [0, 0.1) is 12.8 Å². The van der Waals surface area contributed by atoms with Gasteiger partial charge in [0.1, 0.15) is 0 Å². The van der Waals surface area contributed by atoms with Gasteiger partial charge >= 0.3 is 0 Å². The van der Waals surface area contributed by atoms with Crippen molar-refractivity contribution in [1.29, 1.82) is 0 Å². The highest BCUT2D eigenvalue weighted by molar-refractivity contribution is 5.96. The Morgan fingerprint density at radius 1 is 0.966 bits per heavy atom. The van der Waals surface area contributed by atoms with Crippen molar-refractivity contribution in [2.45, 2.75) is 40.5 Å². The Morgan fingerprint density at radius 2 is 1.59 bits per heavy atom. The third-order valence-electron chi connectivity index (χ3n) is 6.18. The van der Waals surface area contributed by atoms with Crippen molar-refractivity contribution in [1.82, 2.24) is 4.90 Å². The third kappa shape index (κ3) is 3.51. The lowest BCUT2D eigenvalue weighted by Gasteiger charge is -2.36. The molecule has 3 rings (SSSR count). The van der Waals surface area contributed by atoms with Crippen LogP contribution in [0.15, 0.2) is 73.1 Å². The van der Waals surface area contributed by atoms with E-state index in [1.54, 1.807) is 0 Å². The molecule has 0 aliphatic carbocycles. The number of rotatable bonds is 6. The number of fused-ring (bicyclic) bond motifs is 1. The van der Waals surface area contributed by atoms with Crippen molar-refractivity contribution in [3.63, 3.8) is 0 Å². The van der Waals surface area contributed by atoms with Crippen molar-refractivity contribution in [2.24, 2.45) is 5.92 Å². The van der Waals surface area contributed by atoms with Crippen LogP contribution in [0.3, 0.4) is 0 Å². The molecule has 1 aliphatic heterocycles. The Hall–Kier alpha value is -2.80. The topological polar surface area (TPSA) is 3.24 Å². The summed E-state index contributed by atoms with van der Waals surface area (Å²) in [4.78, 5) is 2.34. The average molecular weight is 384 g/mol. The highest BCUT2D eigenvalue weighted by Crippen LogP contribution is 2.42. The predicted molar refractivity (Wildman–Crippen MR) is 130 cm³/mol. The van der Waals surface area contributed by atoms with Crippen LogP contribution in [0.2, 0.25) is 0 Å². The maximum absolute atomic E-state index is 4.35. The van der Waals surface area contributed by atoms with Crippen LogP contribution in [0.25, 0.3) is 22.9 Å². The van der Waals surface area contributed by atoms with E-state index in [4.69, 9.17) is 0 Å². The van der Waals surface area contributed by atoms with Gasteiger partial charge in [0.2, 0.25) is 0 Å². The minimum atomic E-state index is 0.200. The summed E-state index contributed by atoms with van der Waals surface area (Å²) in [7, 11) is 0. The molecule has 2 aromatic carbocycles. The van der Waals surface area contributed by atoms with Gasteiger partial charge in [-0.1, -0.05) is 76.9 Å².